The van der Waals surface area contributed by atoms with E-state index in [1.165, 1.54) is 4.90 Å². The van der Waals surface area contributed by atoms with Crippen LogP contribution in [0.4, 0.5) is 4.79 Å². The third kappa shape index (κ3) is 5.04. The van der Waals surface area contributed by atoms with Gasteiger partial charge in [0, 0.05) is 18.9 Å². The van der Waals surface area contributed by atoms with Gasteiger partial charge in [-0.25, -0.2) is 4.79 Å². The molecule has 1 saturated carbocycles. The summed E-state index contributed by atoms with van der Waals surface area (Å²) in [6.45, 7) is 5.76. The molecule has 3 aliphatic rings. The fourth-order valence-corrected chi connectivity index (χ4v) is 5.13. The number of hydrogen-bond acceptors (Lipinski definition) is 9. The second-order valence-electron chi connectivity index (χ2n) is 9.66. The van der Waals surface area contributed by atoms with Crippen LogP contribution in [0.5, 0.6) is 0 Å². The number of amides is 2. The number of rotatable bonds is 6. The highest BCUT2D eigenvalue weighted by molar-refractivity contribution is 7.80. The Bertz CT molecular complexity index is 988. The van der Waals surface area contributed by atoms with Gasteiger partial charge >= 0.3 is 22.4 Å². The van der Waals surface area contributed by atoms with Crippen molar-refractivity contribution in [1.29, 1.82) is 0 Å². The van der Waals surface area contributed by atoms with Gasteiger partial charge in [0.15, 0.2) is 0 Å². The summed E-state index contributed by atoms with van der Waals surface area (Å²) in [6.07, 6.45) is 3.73. The van der Waals surface area contributed by atoms with Crippen LogP contribution in [-0.2, 0) is 24.2 Å². The van der Waals surface area contributed by atoms with Crippen LogP contribution in [0.15, 0.2) is 4.42 Å². The van der Waals surface area contributed by atoms with Crippen molar-refractivity contribution in [2.75, 3.05) is 6.54 Å². The van der Waals surface area contributed by atoms with Gasteiger partial charge in [0.25, 0.3) is 0 Å². The van der Waals surface area contributed by atoms with Crippen molar-refractivity contribution in [3.63, 3.8) is 0 Å². The summed E-state index contributed by atoms with van der Waals surface area (Å²) >= 11 is 0. The molecule has 1 aromatic heterocycles. The zero-order valence-electron chi connectivity index (χ0n) is 18.3. The Kier molecular flexibility index (Phi) is 5.92. The molecule has 0 aromatic carbocycles. The summed E-state index contributed by atoms with van der Waals surface area (Å²) in [5, 5.41) is 9.01. The van der Waals surface area contributed by atoms with Gasteiger partial charge in [-0.05, 0) is 58.8 Å². The monoisotopic (exact) mass is 472 g/mol. The average molecular weight is 473 g/mol. The molecule has 0 radical (unpaired) electrons. The molecule has 2 bridgehead atoms. The smallest absolute Gasteiger partial charge is 0.418 e. The maximum atomic E-state index is 12.6. The molecule has 1 aromatic rings. The fraction of sp³-hybridized carbons (Fsp3) is 0.789. The van der Waals surface area contributed by atoms with E-state index < -0.39 is 34.1 Å². The van der Waals surface area contributed by atoms with Crippen LogP contribution in [-0.4, -0.2) is 63.3 Å². The van der Waals surface area contributed by atoms with Gasteiger partial charge in [0.05, 0.1) is 6.04 Å². The van der Waals surface area contributed by atoms with Gasteiger partial charge in [-0.3, -0.25) is 9.35 Å². The lowest BCUT2D eigenvalue weighted by Gasteiger charge is -2.27. The van der Waals surface area contributed by atoms with E-state index in [4.69, 9.17) is 13.7 Å². The Morgan fingerprint density at radius 3 is 2.59 bits per heavy atom. The van der Waals surface area contributed by atoms with E-state index in [1.807, 2.05) is 20.8 Å². The van der Waals surface area contributed by atoms with Crippen molar-refractivity contribution in [3.05, 3.63) is 11.8 Å². The number of esters is 1. The first-order valence-corrected chi connectivity index (χ1v) is 12.1. The summed E-state index contributed by atoms with van der Waals surface area (Å²) in [4.78, 5) is 26.1. The number of piperidine rings is 1. The van der Waals surface area contributed by atoms with Crippen molar-refractivity contribution >= 4 is 22.4 Å². The van der Waals surface area contributed by atoms with Crippen LogP contribution in [0.1, 0.15) is 83.0 Å². The Morgan fingerprint density at radius 1 is 1.19 bits per heavy atom. The van der Waals surface area contributed by atoms with Crippen molar-refractivity contribution in [1.82, 2.24) is 20.2 Å². The SMILES string of the molecule is CC(C)(C)OC(=O)C[C@@H]1CC[C@H](c2nnc([C@@H]3CC[C@@H]4CN3C(=O)N4OS(=O)(=O)O)o2)C1. The third-order valence-corrected chi connectivity index (χ3v) is 6.35. The minimum absolute atomic E-state index is 0.0358. The van der Waals surface area contributed by atoms with Gasteiger partial charge in [-0.1, -0.05) is 0 Å². The number of ether oxygens (including phenoxy) is 1. The van der Waals surface area contributed by atoms with Gasteiger partial charge < -0.3 is 14.1 Å². The number of urea groups is 1. The lowest BCUT2D eigenvalue weighted by Crippen LogP contribution is -2.35. The van der Waals surface area contributed by atoms with Crippen molar-refractivity contribution in [3.8, 4) is 0 Å². The lowest BCUT2D eigenvalue weighted by molar-refractivity contribution is -0.155. The standard InChI is InChI=1S/C19H28N4O8S/c1-19(2,3)30-15(24)9-11-4-5-12(8-11)16-20-21-17(29-16)14-7-6-13-10-22(14)18(25)23(13)31-32(26,27)28/h11-14H,4-10H2,1-3H3,(H,26,27,28)/t11-,12+,13-,14+/m1/s1. The maximum Gasteiger partial charge on any atom is 0.418 e. The van der Waals surface area contributed by atoms with Crippen LogP contribution in [0.2, 0.25) is 0 Å². The van der Waals surface area contributed by atoms with E-state index in [-0.39, 0.29) is 30.2 Å². The first kappa shape index (κ1) is 22.9. The zero-order chi connectivity index (χ0) is 23.3. The highest BCUT2D eigenvalue weighted by atomic mass is 32.3. The molecule has 1 aliphatic carbocycles. The number of hydrogen-bond donors (Lipinski definition) is 1. The normalized spacial score (nSPS) is 28.4. The summed E-state index contributed by atoms with van der Waals surface area (Å²) in [7, 11) is -4.80. The second kappa shape index (κ2) is 8.27. The molecule has 12 nitrogen and oxygen atoms in total. The maximum absolute atomic E-state index is 12.6. The first-order chi connectivity index (χ1) is 14.9. The number of carbonyl (C=O) groups is 2. The quantitative estimate of drug-likeness (QED) is 0.482. The lowest BCUT2D eigenvalue weighted by atomic mass is 10.0. The molecule has 32 heavy (non-hydrogen) atoms. The zero-order valence-corrected chi connectivity index (χ0v) is 19.1. The van der Waals surface area contributed by atoms with Crippen LogP contribution >= 0.6 is 0 Å². The van der Waals surface area contributed by atoms with Crippen LogP contribution < -0.4 is 0 Å². The molecule has 3 fully saturated rings. The molecular weight excluding hydrogens is 444 g/mol. The molecule has 4 rings (SSSR count). The van der Waals surface area contributed by atoms with E-state index in [1.54, 1.807) is 0 Å². The average Bonchev–Trinajstić information content (AvgIpc) is 3.36. The Labute approximate surface area is 186 Å². The molecule has 178 valence electrons. The van der Waals surface area contributed by atoms with Gasteiger partial charge in [-0.2, -0.15) is 13.5 Å². The molecule has 2 amide bonds. The number of carbonyl (C=O) groups excluding carboxylic acids is 2. The number of fused-ring (bicyclic) bond motifs is 2. The molecule has 0 unspecified atom stereocenters. The highest BCUT2D eigenvalue weighted by Gasteiger charge is 2.49. The first-order valence-electron chi connectivity index (χ1n) is 10.7. The van der Waals surface area contributed by atoms with E-state index in [0.717, 1.165) is 19.3 Å². The van der Waals surface area contributed by atoms with Crippen molar-refractivity contribution in [2.24, 2.45) is 5.92 Å². The van der Waals surface area contributed by atoms with E-state index >= 15 is 0 Å². The van der Waals surface area contributed by atoms with E-state index in [0.29, 0.717) is 30.2 Å². The molecule has 0 spiro atoms. The molecule has 1 N–H and O–H groups in total. The van der Waals surface area contributed by atoms with E-state index in [2.05, 4.69) is 14.5 Å². The second-order valence-corrected chi connectivity index (χ2v) is 10.7. The van der Waals surface area contributed by atoms with Gasteiger partial charge in [0.1, 0.15) is 11.6 Å². The Balaban J connectivity index is 1.38. The van der Waals surface area contributed by atoms with Crippen molar-refractivity contribution < 1.29 is 36.0 Å². The highest BCUT2D eigenvalue weighted by Crippen LogP contribution is 2.42. The van der Waals surface area contributed by atoms with Crippen LogP contribution in [0, 0.1) is 5.92 Å². The predicted octanol–water partition coefficient (Wildman–Crippen LogP) is 2.36. The van der Waals surface area contributed by atoms with Crippen LogP contribution in [0.3, 0.4) is 0 Å². The minimum atomic E-state index is -4.80. The number of nitrogens with zero attached hydrogens (tertiary/aromatic N) is 4. The molecule has 13 heteroatoms. The summed E-state index contributed by atoms with van der Waals surface area (Å²) in [5.74, 6) is 0.776. The fourth-order valence-electron chi connectivity index (χ4n) is 4.74. The van der Waals surface area contributed by atoms with Gasteiger partial charge in [-0.15, -0.1) is 14.5 Å². The molecular formula is C19H28N4O8S. The van der Waals surface area contributed by atoms with Crippen LogP contribution in [0.25, 0.3) is 0 Å². The third-order valence-electron chi connectivity index (χ3n) is 6.00. The number of aromatic nitrogens is 2. The minimum Gasteiger partial charge on any atom is -0.460 e. The summed E-state index contributed by atoms with van der Waals surface area (Å²) in [6, 6.07) is -1.64. The summed E-state index contributed by atoms with van der Waals surface area (Å²) in [5.41, 5.74) is -0.509. The molecule has 2 aliphatic heterocycles. The van der Waals surface area contributed by atoms with Crippen molar-refractivity contribution in [2.45, 2.75) is 82.9 Å². The summed E-state index contributed by atoms with van der Waals surface area (Å²) < 4.78 is 46.8. The molecule has 2 saturated heterocycles. The topological polar surface area (TPSA) is 152 Å². The molecule has 3 heterocycles. The Hall–Kier alpha value is -2.25. The Morgan fingerprint density at radius 2 is 1.91 bits per heavy atom. The molecule has 4 atom stereocenters. The van der Waals surface area contributed by atoms with Gasteiger partial charge in [0.2, 0.25) is 11.8 Å². The largest absolute Gasteiger partial charge is 0.460 e. The van der Waals surface area contributed by atoms with E-state index in [9.17, 15) is 18.0 Å². The predicted molar refractivity (Wildman–Crippen MR) is 107 cm³/mol. The number of hydroxylamine groups is 2.